The van der Waals surface area contributed by atoms with E-state index in [0.717, 1.165) is 22.2 Å². The van der Waals surface area contributed by atoms with Crippen molar-refractivity contribution in [1.82, 2.24) is 14.8 Å². The lowest BCUT2D eigenvalue weighted by Crippen LogP contribution is -2.50. The average molecular weight is 377 g/mol. The molecule has 1 saturated heterocycles. The molecule has 0 spiro atoms. The van der Waals surface area contributed by atoms with Crippen LogP contribution in [-0.2, 0) is 22.7 Å². The Balaban J connectivity index is 1.41. The average Bonchev–Trinajstić information content (AvgIpc) is 3.13. The van der Waals surface area contributed by atoms with Crippen molar-refractivity contribution in [1.29, 1.82) is 0 Å². The fourth-order valence-electron chi connectivity index (χ4n) is 3.42. The SMILES string of the molecule is O=C1CN(C(=O)CCn2ccc3ccc(OCc4ccccc4)cc32)CCN1. The second kappa shape index (κ2) is 8.17. The fraction of sp³-hybridized carbons (Fsp3) is 0.273. The van der Waals surface area contributed by atoms with Crippen molar-refractivity contribution in [3.63, 3.8) is 0 Å². The normalized spacial score (nSPS) is 14.1. The van der Waals surface area contributed by atoms with E-state index < -0.39 is 0 Å². The molecular formula is C22H23N3O3. The smallest absolute Gasteiger partial charge is 0.239 e. The number of carbonyl (C=O) groups excluding carboxylic acids is 2. The molecule has 0 atom stereocenters. The van der Waals surface area contributed by atoms with Gasteiger partial charge in [0.15, 0.2) is 0 Å². The number of nitrogens with one attached hydrogen (secondary N) is 1. The standard InChI is InChI=1S/C22H23N3O3/c26-21-15-25(13-10-23-21)22(27)9-12-24-11-8-18-6-7-19(14-20(18)24)28-16-17-4-2-1-3-5-17/h1-8,11,14H,9-10,12-13,15-16H2,(H,23,26). The van der Waals surface area contributed by atoms with E-state index in [9.17, 15) is 9.59 Å². The number of hydrogen-bond donors (Lipinski definition) is 1. The van der Waals surface area contributed by atoms with Crippen LogP contribution in [0, 0.1) is 0 Å². The summed E-state index contributed by atoms with van der Waals surface area (Å²) in [7, 11) is 0. The van der Waals surface area contributed by atoms with Gasteiger partial charge in [-0.2, -0.15) is 0 Å². The van der Waals surface area contributed by atoms with Crippen LogP contribution >= 0.6 is 0 Å². The molecule has 6 nitrogen and oxygen atoms in total. The maximum absolute atomic E-state index is 12.4. The highest BCUT2D eigenvalue weighted by molar-refractivity contribution is 5.86. The number of aromatic nitrogens is 1. The van der Waals surface area contributed by atoms with Gasteiger partial charge in [-0.1, -0.05) is 30.3 Å². The highest BCUT2D eigenvalue weighted by Crippen LogP contribution is 2.23. The summed E-state index contributed by atoms with van der Waals surface area (Å²) in [5.74, 6) is 0.717. The lowest BCUT2D eigenvalue weighted by atomic mass is 10.2. The number of nitrogens with zero attached hydrogens (tertiary/aromatic N) is 2. The van der Waals surface area contributed by atoms with Crippen molar-refractivity contribution in [3.8, 4) is 5.75 Å². The Hall–Kier alpha value is -3.28. The number of benzene rings is 2. The Labute approximate surface area is 163 Å². The number of rotatable bonds is 6. The van der Waals surface area contributed by atoms with Gasteiger partial charge < -0.3 is 19.5 Å². The summed E-state index contributed by atoms with van der Waals surface area (Å²) in [6.07, 6.45) is 2.36. The molecule has 0 bridgehead atoms. The monoisotopic (exact) mass is 377 g/mol. The highest BCUT2D eigenvalue weighted by Gasteiger charge is 2.20. The van der Waals surface area contributed by atoms with Gasteiger partial charge in [0.25, 0.3) is 0 Å². The third-order valence-electron chi connectivity index (χ3n) is 4.95. The first-order valence-electron chi connectivity index (χ1n) is 9.49. The van der Waals surface area contributed by atoms with Crippen LogP contribution in [0.15, 0.2) is 60.8 Å². The van der Waals surface area contributed by atoms with E-state index in [1.807, 2.05) is 60.8 Å². The lowest BCUT2D eigenvalue weighted by molar-refractivity contribution is -0.138. The first kappa shape index (κ1) is 18.1. The molecule has 1 aromatic heterocycles. The van der Waals surface area contributed by atoms with Gasteiger partial charge in [-0.25, -0.2) is 0 Å². The van der Waals surface area contributed by atoms with Crippen LogP contribution < -0.4 is 10.1 Å². The second-order valence-corrected chi connectivity index (χ2v) is 6.92. The van der Waals surface area contributed by atoms with Crippen molar-refractivity contribution in [3.05, 3.63) is 66.4 Å². The molecule has 0 unspecified atom stereocenters. The van der Waals surface area contributed by atoms with Crippen molar-refractivity contribution < 1.29 is 14.3 Å². The van der Waals surface area contributed by atoms with Crippen molar-refractivity contribution in [2.75, 3.05) is 19.6 Å². The van der Waals surface area contributed by atoms with Crippen molar-refractivity contribution in [2.45, 2.75) is 19.6 Å². The van der Waals surface area contributed by atoms with Gasteiger partial charge in [0.2, 0.25) is 11.8 Å². The number of amides is 2. The van der Waals surface area contributed by atoms with Gasteiger partial charge >= 0.3 is 0 Å². The first-order chi connectivity index (χ1) is 13.7. The predicted octanol–water partition coefficient (Wildman–Crippen LogP) is 2.57. The Morgan fingerprint density at radius 3 is 2.79 bits per heavy atom. The number of fused-ring (bicyclic) bond motifs is 1. The second-order valence-electron chi connectivity index (χ2n) is 6.92. The molecule has 3 aromatic rings. The van der Waals surface area contributed by atoms with Crippen molar-refractivity contribution in [2.24, 2.45) is 0 Å². The molecule has 1 fully saturated rings. The van der Waals surface area contributed by atoms with Gasteiger partial charge in [0.1, 0.15) is 12.4 Å². The summed E-state index contributed by atoms with van der Waals surface area (Å²) in [5, 5.41) is 3.85. The molecule has 28 heavy (non-hydrogen) atoms. The van der Waals surface area contributed by atoms with Crippen LogP contribution in [0.5, 0.6) is 5.75 Å². The summed E-state index contributed by atoms with van der Waals surface area (Å²) >= 11 is 0. The van der Waals surface area contributed by atoms with E-state index >= 15 is 0 Å². The minimum atomic E-state index is -0.0915. The van der Waals surface area contributed by atoms with Gasteiger partial charge in [-0.05, 0) is 29.1 Å². The van der Waals surface area contributed by atoms with E-state index in [0.29, 0.717) is 32.7 Å². The number of piperazine rings is 1. The van der Waals surface area contributed by atoms with Gasteiger partial charge in [-0.3, -0.25) is 9.59 Å². The molecule has 2 heterocycles. The topological polar surface area (TPSA) is 63.6 Å². The zero-order chi connectivity index (χ0) is 19.3. The van der Waals surface area contributed by atoms with Gasteiger partial charge in [0.05, 0.1) is 12.1 Å². The molecule has 144 valence electrons. The molecule has 2 amide bonds. The summed E-state index contributed by atoms with van der Waals surface area (Å²) in [6, 6.07) is 18.1. The zero-order valence-corrected chi connectivity index (χ0v) is 15.6. The van der Waals surface area contributed by atoms with E-state index in [4.69, 9.17) is 4.74 Å². The van der Waals surface area contributed by atoms with Crippen molar-refractivity contribution >= 4 is 22.7 Å². The maximum Gasteiger partial charge on any atom is 0.239 e. The number of hydrogen-bond acceptors (Lipinski definition) is 3. The minimum Gasteiger partial charge on any atom is -0.489 e. The van der Waals surface area contributed by atoms with Crippen LogP contribution in [0.25, 0.3) is 10.9 Å². The zero-order valence-electron chi connectivity index (χ0n) is 15.6. The van der Waals surface area contributed by atoms with Gasteiger partial charge in [-0.15, -0.1) is 0 Å². The molecule has 1 aliphatic rings. The lowest BCUT2D eigenvalue weighted by Gasteiger charge is -2.26. The van der Waals surface area contributed by atoms with Crippen LogP contribution in [0.2, 0.25) is 0 Å². The predicted molar refractivity (Wildman–Crippen MR) is 107 cm³/mol. The molecule has 2 aromatic carbocycles. The molecule has 6 heteroatoms. The Bertz CT molecular complexity index is 981. The molecule has 0 saturated carbocycles. The summed E-state index contributed by atoms with van der Waals surface area (Å²) in [4.78, 5) is 25.5. The molecule has 1 aliphatic heterocycles. The van der Waals surface area contributed by atoms with E-state index in [1.165, 1.54) is 0 Å². The fourth-order valence-corrected chi connectivity index (χ4v) is 3.42. The van der Waals surface area contributed by atoms with Crippen LogP contribution in [-0.4, -0.2) is 40.9 Å². The van der Waals surface area contributed by atoms with Crippen LogP contribution in [0.3, 0.4) is 0 Å². The molecule has 4 rings (SSSR count). The quantitative estimate of drug-likeness (QED) is 0.718. The Kier molecular flexibility index (Phi) is 5.28. The molecule has 0 aliphatic carbocycles. The van der Waals surface area contributed by atoms with Crippen LogP contribution in [0.4, 0.5) is 0 Å². The van der Waals surface area contributed by atoms with E-state index in [-0.39, 0.29) is 18.4 Å². The Morgan fingerprint density at radius 1 is 1.11 bits per heavy atom. The summed E-state index contributed by atoms with van der Waals surface area (Å²) in [5.41, 5.74) is 2.16. The number of carbonyl (C=O) groups is 2. The summed E-state index contributed by atoms with van der Waals surface area (Å²) in [6.45, 7) is 2.35. The minimum absolute atomic E-state index is 0.00758. The maximum atomic E-state index is 12.4. The van der Waals surface area contributed by atoms with Gasteiger partial charge in [0, 0.05) is 38.3 Å². The third-order valence-corrected chi connectivity index (χ3v) is 4.95. The Morgan fingerprint density at radius 2 is 1.96 bits per heavy atom. The largest absolute Gasteiger partial charge is 0.489 e. The highest BCUT2D eigenvalue weighted by atomic mass is 16.5. The first-order valence-corrected chi connectivity index (χ1v) is 9.49. The van der Waals surface area contributed by atoms with E-state index in [2.05, 4.69) is 9.88 Å². The molecule has 0 radical (unpaired) electrons. The summed E-state index contributed by atoms with van der Waals surface area (Å²) < 4.78 is 7.99. The third kappa shape index (κ3) is 4.17. The number of ether oxygens (including phenoxy) is 1. The van der Waals surface area contributed by atoms with E-state index in [1.54, 1.807) is 4.90 Å². The molecular weight excluding hydrogens is 354 g/mol. The molecule has 1 N–H and O–H groups in total. The number of aryl methyl sites for hydroxylation is 1. The van der Waals surface area contributed by atoms with Crippen LogP contribution in [0.1, 0.15) is 12.0 Å².